The van der Waals surface area contributed by atoms with Gasteiger partial charge in [-0.05, 0) is 5.57 Å². The maximum absolute atomic E-state index is 8.47. The molecule has 0 radical (unpaired) electrons. The molecule has 10 heavy (non-hydrogen) atoms. The number of aliphatic hydroxyl groups excluding tert-OH is 2. The highest BCUT2D eigenvalue weighted by Crippen LogP contribution is 1.91. The predicted octanol–water partition coefficient (Wildman–Crippen LogP) is 0.886. The number of hydrogen-bond donors (Lipinski definition) is 2. The van der Waals surface area contributed by atoms with Gasteiger partial charge in [-0.1, -0.05) is 31.4 Å². The number of rotatable bonds is 3. The molecule has 2 nitrogen and oxygen atoms in total. The second kappa shape index (κ2) is 11.0. The molecule has 0 saturated carbocycles. The molecule has 0 spiro atoms. The van der Waals surface area contributed by atoms with Crippen molar-refractivity contribution in [2.45, 2.75) is 0 Å². The Kier molecular flexibility index (Phi) is 13.1. The molecule has 0 unspecified atom stereocenters. The Morgan fingerprint density at radius 1 is 1.40 bits per heavy atom. The lowest BCUT2D eigenvalue weighted by Crippen LogP contribution is -1.82. The highest BCUT2D eigenvalue weighted by atomic mass is 16.3. The van der Waals surface area contributed by atoms with Crippen LogP contribution < -0.4 is 0 Å². The molecule has 0 aliphatic rings. The van der Waals surface area contributed by atoms with Gasteiger partial charge in [0, 0.05) is 7.11 Å². The van der Waals surface area contributed by atoms with E-state index in [0.29, 0.717) is 0 Å². The third-order valence-corrected chi connectivity index (χ3v) is 0.777. The first-order valence-electron chi connectivity index (χ1n) is 2.84. The molecular formula is C8H14O2. The van der Waals surface area contributed by atoms with Gasteiger partial charge in [0.2, 0.25) is 0 Å². The van der Waals surface area contributed by atoms with Crippen LogP contribution in [0.2, 0.25) is 0 Å². The van der Waals surface area contributed by atoms with Gasteiger partial charge in [0.1, 0.15) is 0 Å². The molecule has 0 atom stereocenters. The number of hydrogen-bond acceptors (Lipinski definition) is 2. The largest absolute Gasteiger partial charge is 0.400 e. The summed E-state index contributed by atoms with van der Waals surface area (Å²) in [5.41, 5.74) is 0.792. The maximum Gasteiger partial charge on any atom is 0.0681 e. The Bertz CT molecular complexity index is 114. The van der Waals surface area contributed by atoms with Crippen LogP contribution in [0.5, 0.6) is 0 Å². The van der Waals surface area contributed by atoms with Gasteiger partial charge in [0.15, 0.2) is 0 Å². The summed E-state index contributed by atoms with van der Waals surface area (Å²) < 4.78 is 0. The van der Waals surface area contributed by atoms with Gasteiger partial charge in [0.05, 0.1) is 6.61 Å². The molecule has 0 rings (SSSR count). The van der Waals surface area contributed by atoms with Gasteiger partial charge in [-0.15, -0.1) is 0 Å². The zero-order valence-electron chi connectivity index (χ0n) is 6.25. The molecule has 0 heterocycles. The SMILES string of the molecule is C=C/C=C(\C=C)CO.CO. The molecule has 0 aliphatic heterocycles. The molecule has 0 aliphatic carbocycles. The van der Waals surface area contributed by atoms with Crippen LogP contribution in [-0.2, 0) is 0 Å². The van der Waals surface area contributed by atoms with Gasteiger partial charge in [-0.2, -0.15) is 0 Å². The Morgan fingerprint density at radius 2 is 1.90 bits per heavy atom. The standard InChI is InChI=1S/C7H10O.CH4O/c1-3-5-7(4-2)6-8;1-2/h3-5,8H,1-2,6H2;2H,1H3/b7-5+;. The van der Waals surface area contributed by atoms with Crippen molar-refractivity contribution in [3.8, 4) is 0 Å². The van der Waals surface area contributed by atoms with Crippen LogP contribution in [-0.4, -0.2) is 23.9 Å². The average molecular weight is 142 g/mol. The summed E-state index contributed by atoms with van der Waals surface area (Å²) in [4.78, 5) is 0. The van der Waals surface area contributed by atoms with Crippen LogP contribution in [0.3, 0.4) is 0 Å². The van der Waals surface area contributed by atoms with E-state index in [-0.39, 0.29) is 6.61 Å². The molecule has 0 aromatic rings. The quantitative estimate of drug-likeness (QED) is 0.574. The molecule has 0 amide bonds. The number of aliphatic hydroxyl groups is 2. The lowest BCUT2D eigenvalue weighted by molar-refractivity contribution is 0.335. The molecule has 0 saturated heterocycles. The van der Waals surface area contributed by atoms with Crippen LogP contribution in [0.4, 0.5) is 0 Å². The first kappa shape index (κ1) is 11.9. The van der Waals surface area contributed by atoms with Crippen LogP contribution in [0.1, 0.15) is 0 Å². The zero-order valence-corrected chi connectivity index (χ0v) is 6.25. The fourth-order valence-electron chi connectivity index (χ4n) is 0.337. The van der Waals surface area contributed by atoms with Crippen molar-refractivity contribution < 1.29 is 10.2 Å². The van der Waals surface area contributed by atoms with Crippen LogP contribution in [0.15, 0.2) is 37.0 Å². The van der Waals surface area contributed by atoms with Crippen molar-refractivity contribution >= 4 is 0 Å². The van der Waals surface area contributed by atoms with E-state index in [1.807, 2.05) is 0 Å². The highest BCUT2D eigenvalue weighted by molar-refractivity contribution is 5.20. The monoisotopic (exact) mass is 142 g/mol. The molecule has 0 bridgehead atoms. The third kappa shape index (κ3) is 7.14. The summed E-state index contributed by atoms with van der Waals surface area (Å²) in [6.07, 6.45) is 4.93. The van der Waals surface area contributed by atoms with Gasteiger partial charge in [0.25, 0.3) is 0 Å². The van der Waals surface area contributed by atoms with Gasteiger partial charge >= 0.3 is 0 Å². The number of allylic oxidation sites excluding steroid dienone is 2. The minimum Gasteiger partial charge on any atom is -0.400 e. The second-order valence-electron chi connectivity index (χ2n) is 1.34. The van der Waals surface area contributed by atoms with E-state index in [9.17, 15) is 0 Å². The van der Waals surface area contributed by atoms with Gasteiger partial charge in [-0.3, -0.25) is 0 Å². The molecule has 0 aromatic carbocycles. The van der Waals surface area contributed by atoms with Crippen molar-refractivity contribution in [2.75, 3.05) is 13.7 Å². The van der Waals surface area contributed by atoms with Crippen LogP contribution in [0.25, 0.3) is 0 Å². The van der Waals surface area contributed by atoms with E-state index in [0.717, 1.165) is 12.7 Å². The highest BCUT2D eigenvalue weighted by Gasteiger charge is 1.80. The lowest BCUT2D eigenvalue weighted by atomic mass is 10.2. The van der Waals surface area contributed by atoms with Crippen LogP contribution in [0, 0.1) is 0 Å². The first-order chi connectivity index (χ1) is 4.85. The van der Waals surface area contributed by atoms with E-state index in [4.69, 9.17) is 10.2 Å². The van der Waals surface area contributed by atoms with E-state index < -0.39 is 0 Å². The van der Waals surface area contributed by atoms with Crippen molar-refractivity contribution in [3.63, 3.8) is 0 Å². The summed E-state index contributed by atoms with van der Waals surface area (Å²) in [6.45, 7) is 6.97. The van der Waals surface area contributed by atoms with Crippen molar-refractivity contribution in [3.05, 3.63) is 37.0 Å². The summed E-state index contributed by atoms with van der Waals surface area (Å²) >= 11 is 0. The van der Waals surface area contributed by atoms with Crippen molar-refractivity contribution in [2.24, 2.45) is 0 Å². The summed E-state index contributed by atoms with van der Waals surface area (Å²) in [7, 11) is 1.00. The molecular weight excluding hydrogens is 128 g/mol. The topological polar surface area (TPSA) is 40.5 Å². The van der Waals surface area contributed by atoms with E-state index >= 15 is 0 Å². The Morgan fingerprint density at radius 3 is 2.00 bits per heavy atom. The Labute approximate surface area is 61.8 Å². The molecule has 2 N–H and O–H groups in total. The van der Waals surface area contributed by atoms with Gasteiger partial charge in [-0.25, -0.2) is 0 Å². The summed E-state index contributed by atoms with van der Waals surface area (Å²) in [5, 5.41) is 15.5. The average Bonchev–Trinajstić information content (AvgIpc) is 2.04. The fourth-order valence-corrected chi connectivity index (χ4v) is 0.337. The zero-order chi connectivity index (χ0) is 8.41. The molecule has 0 aromatic heterocycles. The van der Waals surface area contributed by atoms with E-state index in [1.54, 1.807) is 18.2 Å². The third-order valence-electron chi connectivity index (χ3n) is 0.777. The lowest BCUT2D eigenvalue weighted by Gasteiger charge is -1.88. The predicted molar refractivity (Wildman–Crippen MR) is 43.7 cm³/mol. The smallest absolute Gasteiger partial charge is 0.0681 e. The second-order valence-corrected chi connectivity index (χ2v) is 1.34. The van der Waals surface area contributed by atoms with Crippen LogP contribution >= 0.6 is 0 Å². The molecule has 2 heteroatoms. The van der Waals surface area contributed by atoms with E-state index in [1.165, 1.54) is 0 Å². The molecule has 0 fully saturated rings. The maximum atomic E-state index is 8.47. The minimum atomic E-state index is 0.0372. The normalized spacial score (nSPS) is 9.30. The van der Waals surface area contributed by atoms with Crippen molar-refractivity contribution in [1.29, 1.82) is 0 Å². The minimum absolute atomic E-state index is 0.0372. The summed E-state index contributed by atoms with van der Waals surface area (Å²) in [5.74, 6) is 0. The summed E-state index contributed by atoms with van der Waals surface area (Å²) in [6, 6.07) is 0. The van der Waals surface area contributed by atoms with Gasteiger partial charge < -0.3 is 10.2 Å². The Balaban J connectivity index is 0. The van der Waals surface area contributed by atoms with Crippen molar-refractivity contribution in [1.82, 2.24) is 0 Å². The molecule has 58 valence electrons. The Hall–Kier alpha value is -0.860. The fraction of sp³-hybridized carbons (Fsp3) is 0.250. The first-order valence-corrected chi connectivity index (χ1v) is 2.84. The van der Waals surface area contributed by atoms with E-state index in [2.05, 4.69) is 13.2 Å².